The molecule has 5 amide bonds. The Morgan fingerprint density at radius 3 is 1.60 bits per heavy atom. The number of amides is 5. The standard InChI is InChI=1S/C21H29N5O9/c1-8-33-14(27)12-10(3)25(23-18(22)31)16(29)21(12)13(15(28)34-9-2)11(4)26(17(21)30)24-19(32)35-20(5,6)7/h8-9H2,1-7H3,(H,24,32)(H3,22,23,31). The summed E-state index contributed by atoms with van der Waals surface area (Å²) in [5, 5.41) is 1.20. The molecule has 14 heteroatoms. The van der Waals surface area contributed by atoms with E-state index >= 15 is 0 Å². The maximum absolute atomic E-state index is 13.8. The Morgan fingerprint density at radius 1 is 0.857 bits per heavy atom. The number of nitrogens with two attached hydrogens (primary N) is 1. The van der Waals surface area contributed by atoms with Gasteiger partial charge in [-0.05, 0) is 48.5 Å². The van der Waals surface area contributed by atoms with Crippen LogP contribution in [-0.2, 0) is 33.4 Å². The molecule has 4 N–H and O–H groups in total. The molecule has 14 nitrogen and oxygen atoms in total. The van der Waals surface area contributed by atoms with Crippen LogP contribution in [0.2, 0.25) is 0 Å². The number of hydrogen-bond donors (Lipinski definition) is 3. The number of rotatable bonds is 6. The summed E-state index contributed by atoms with van der Waals surface area (Å²) in [6, 6.07) is -1.18. The molecule has 2 aliphatic heterocycles. The second kappa shape index (κ2) is 9.64. The van der Waals surface area contributed by atoms with E-state index in [0.717, 1.165) is 0 Å². The number of carbonyl (C=O) groups excluding carboxylic acids is 6. The van der Waals surface area contributed by atoms with Crippen molar-refractivity contribution in [2.75, 3.05) is 13.2 Å². The minimum atomic E-state index is -2.63. The van der Waals surface area contributed by atoms with Crippen molar-refractivity contribution in [2.45, 2.75) is 54.1 Å². The van der Waals surface area contributed by atoms with Gasteiger partial charge in [0.15, 0.2) is 5.41 Å². The summed E-state index contributed by atoms with van der Waals surface area (Å²) in [5.74, 6) is -4.59. The molecule has 0 radical (unpaired) electrons. The van der Waals surface area contributed by atoms with Gasteiger partial charge in [-0.25, -0.2) is 40.0 Å². The smallest absolute Gasteiger partial charge is 0.427 e. The fourth-order valence-corrected chi connectivity index (χ4v) is 3.83. The summed E-state index contributed by atoms with van der Waals surface area (Å²) in [5.41, 5.74) is 4.32. The Balaban J connectivity index is 2.80. The van der Waals surface area contributed by atoms with Crippen molar-refractivity contribution in [3.8, 4) is 0 Å². The summed E-state index contributed by atoms with van der Waals surface area (Å²) in [7, 11) is 0. The fourth-order valence-electron chi connectivity index (χ4n) is 3.83. The average Bonchev–Trinajstić information content (AvgIpc) is 3.05. The van der Waals surface area contributed by atoms with Crippen molar-refractivity contribution in [1.82, 2.24) is 20.9 Å². The molecule has 192 valence electrons. The third-order valence-electron chi connectivity index (χ3n) is 4.98. The number of nitrogens with zero attached hydrogens (tertiary/aromatic N) is 2. The van der Waals surface area contributed by atoms with E-state index in [1.54, 1.807) is 20.8 Å². The zero-order valence-electron chi connectivity index (χ0n) is 20.6. The molecule has 2 aliphatic rings. The van der Waals surface area contributed by atoms with Gasteiger partial charge in [0, 0.05) is 0 Å². The number of allylic oxidation sites excluding steroid dienone is 2. The van der Waals surface area contributed by atoms with Gasteiger partial charge in [0.25, 0.3) is 11.8 Å². The average molecular weight is 495 g/mol. The van der Waals surface area contributed by atoms with E-state index in [1.165, 1.54) is 27.7 Å². The number of carbonyl (C=O) groups is 6. The molecule has 0 saturated heterocycles. The van der Waals surface area contributed by atoms with Crippen molar-refractivity contribution in [3.63, 3.8) is 0 Å². The van der Waals surface area contributed by atoms with Gasteiger partial charge in [-0.3, -0.25) is 9.59 Å². The van der Waals surface area contributed by atoms with Gasteiger partial charge in [-0.1, -0.05) is 0 Å². The zero-order chi connectivity index (χ0) is 26.9. The van der Waals surface area contributed by atoms with Gasteiger partial charge < -0.3 is 19.9 Å². The van der Waals surface area contributed by atoms with Gasteiger partial charge in [0.05, 0.1) is 35.8 Å². The van der Waals surface area contributed by atoms with E-state index in [2.05, 4.69) is 5.43 Å². The summed E-state index contributed by atoms with van der Waals surface area (Å²) in [6.45, 7) is 10.0. The largest absolute Gasteiger partial charge is 0.463 e. The topological polar surface area (TPSA) is 187 Å². The molecule has 0 bridgehead atoms. The van der Waals surface area contributed by atoms with Crippen LogP contribution in [0.5, 0.6) is 0 Å². The number of hydrazine groups is 2. The molecule has 0 fully saturated rings. The van der Waals surface area contributed by atoms with Crippen molar-refractivity contribution in [3.05, 3.63) is 22.5 Å². The van der Waals surface area contributed by atoms with Crippen molar-refractivity contribution < 1.29 is 43.0 Å². The molecular formula is C21H29N5O9. The first-order valence-electron chi connectivity index (χ1n) is 10.7. The fraction of sp³-hybridized carbons (Fsp3) is 0.524. The summed E-state index contributed by atoms with van der Waals surface area (Å²) in [6.07, 6.45) is -1.07. The minimum absolute atomic E-state index is 0.130. The predicted molar refractivity (Wildman–Crippen MR) is 117 cm³/mol. The lowest BCUT2D eigenvalue weighted by Gasteiger charge is -2.27. The summed E-state index contributed by atoms with van der Waals surface area (Å²) >= 11 is 0. The molecule has 35 heavy (non-hydrogen) atoms. The number of primary amides is 1. The molecular weight excluding hydrogens is 466 g/mol. The molecule has 0 aromatic heterocycles. The highest BCUT2D eigenvalue weighted by Gasteiger charge is 2.70. The number of urea groups is 1. The van der Waals surface area contributed by atoms with Crippen LogP contribution in [-0.4, -0.2) is 64.7 Å². The maximum atomic E-state index is 13.8. The van der Waals surface area contributed by atoms with Crippen LogP contribution in [0.15, 0.2) is 22.5 Å². The highest BCUT2D eigenvalue weighted by molar-refractivity contribution is 6.27. The lowest BCUT2D eigenvalue weighted by atomic mass is 9.74. The van der Waals surface area contributed by atoms with E-state index in [1.807, 2.05) is 5.43 Å². The second-order valence-electron chi connectivity index (χ2n) is 8.48. The SMILES string of the molecule is CCOC(=O)C1=C(C)N(NC(N)=O)C(=O)C12C(=O)N(NC(=O)OC(C)(C)C)C(C)=C2C(=O)OCC. The monoisotopic (exact) mass is 495 g/mol. The lowest BCUT2D eigenvalue weighted by Crippen LogP contribution is -2.55. The first-order valence-corrected chi connectivity index (χ1v) is 10.7. The van der Waals surface area contributed by atoms with E-state index in [4.69, 9.17) is 19.9 Å². The third-order valence-corrected chi connectivity index (χ3v) is 4.98. The van der Waals surface area contributed by atoms with Gasteiger partial charge in [-0.15, -0.1) is 0 Å². The van der Waals surface area contributed by atoms with Crippen LogP contribution in [0.3, 0.4) is 0 Å². The maximum Gasteiger partial charge on any atom is 0.427 e. The minimum Gasteiger partial charge on any atom is -0.463 e. The number of esters is 2. The van der Waals surface area contributed by atoms with Crippen LogP contribution in [0.25, 0.3) is 0 Å². The summed E-state index contributed by atoms with van der Waals surface area (Å²) in [4.78, 5) is 77.7. The summed E-state index contributed by atoms with van der Waals surface area (Å²) < 4.78 is 15.3. The Labute approximate surface area is 201 Å². The molecule has 0 aliphatic carbocycles. The molecule has 0 aromatic rings. The normalized spacial score (nSPS) is 20.0. The second-order valence-corrected chi connectivity index (χ2v) is 8.48. The first kappa shape index (κ1) is 27.1. The highest BCUT2D eigenvalue weighted by atomic mass is 16.6. The van der Waals surface area contributed by atoms with Crippen molar-refractivity contribution in [1.29, 1.82) is 0 Å². The molecule has 1 spiro atoms. The number of nitrogens with one attached hydrogen (secondary N) is 2. The first-order chi connectivity index (χ1) is 16.1. The van der Waals surface area contributed by atoms with Crippen LogP contribution in [0.1, 0.15) is 48.5 Å². The molecule has 2 rings (SSSR count). The zero-order valence-corrected chi connectivity index (χ0v) is 20.6. The van der Waals surface area contributed by atoms with Gasteiger partial charge >= 0.3 is 24.1 Å². The number of ether oxygens (including phenoxy) is 3. The molecule has 0 aromatic carbocycles. The van der Waals surface area contributed by atoms with Crippen molar-refractivity contribution in [2.24, 2.45) is 11.1 Å². The van der Waals surface area contributed by atoms with E-state index in [-0.39, 0.29) is 24.6 Å². The number of hydrogen-bond acceptors (Lipinski definition) is 9. The Hall–Kier alpha value is -4.10. The lowest BCUT2D eigenvalue weighted by molar-refractivity contribution is -0.153. The van der Waals surface area contributed by atoms with Gasteiger partial charge in [0.2, 0.25) is 0 Å². The van der Waals surface area contributed by atoms with Crippen LogP contribution >= 0.6 is 0 Å². The van der Waals surface area contributed by atoms with E-state index in [9.17, 15) is 28.8 Å². The predicted octanol–water partition coefficient (Wildman–Crippen LogP) is 0.354. The van der Waals surface area contributed by atoms with Crippen LogP contribution in [0.4, 0.5) is 9.59 Å². The Morgan fingerprint density at radius 2 is 1.26 bits per heavy atom. The molecule has 1 atom stereocenters. The quantitative estimate of drug-likeness (QED) is 0.265. The van der Waals surface area contributed by atoms with Crippen LogP contribution < -0.4 is 16.6 Å². The highest BCUT2D eigenvalue weighted by Crippen LogP contribution is 2.52. The van der Waals surface area contributed by atoms with Gasteiger partial charge in [0.1, 0.15) is 5.60 Å². The van der Waals surface area contributed by atoms with E-state index in [0.29, 0.717) is 10.0 Å². The molecule has 0 saturated carbocycles. The molecule has 1 unspecified atom stereocenters. The van der Waals surface area contributed by atoms with Gasteiger partial charge in [-0.2, -0.15) is 0 Å². The molecule has 2 heterocycles. The Bertz CT molecular complexity index is 1060. The Kier molecular flexibility index (Phi) is 7.48. The van der Waals surface area contributed by atoms with Crippen molar-refractivity contribution >= 4 is 35.9 Å². The van der Waals surface area contributed by atoms with E-state index < -0.39 is 58.0 Å². The van der Waals surface area contributed by atoms with Crippen LogP contribution in [0, 0.1) is 5.41 Å². The third kappa shape index (κ3) is 4.63.